The molecule has 0 saturated carbocycles. The first-order valence-corrected chi connectivity index (χ1v) is 11.1. The fourth-order valence-electron chi connectivity index (χ4n) is 3.53. The molecule has 9 nitrogen and oxygen atoms in total. The van der Waals surface area contributed by atoms with E-state index in [0.29, 0.717) is 43.0 Å². The molecule has 2 amide bonds. The number of carbonyl (C=O) groups is 2. The molecule has 0 saturated heterocycles. The first-order chi connectivity index (χ1) is 16.9. The number of aryl methyl sites for hydroxylation is 1. The highest BCUT2D eigenvalue weighted by molar-refractivity contribution is 6.04. The van der Waals surface area contributed by atoms with Crippen molar-refractivity contribution >= 4 is 22.7 Å². The number of aromatic nitrogens is 4. The van der Waals surface area contributed by atoms with Crippen molar-refractivity contribution in [3.05, 3.63) is 83.2 Å². The van der Waals surface area contributed by atoms with E-state index in [-0.39, 0.29) is 23.3 Å². The fourth-order valence-corrected chi connectivity index (χ4v) is 3.53. The van der Waals surface area contributed by atoms with Gasteiger partial charge in [-0.15, -0.1) is 0 Å². The molecule has 0 radical (unpaired) electrons. The first kappa shape index (κ1) is 23.8. The summed E-state index contributed by atoms with van der Waals surface area (Å²) in [6.45, 7) is 4.70. The number of carbonyl (C=O) groups excluding carboxylic acids is 2. The molecule has 0 atom stereocenters. The van der Waals surface area contributed by atoms with E-state index in [0.717, 1.165) is 16.7 Å². The smallest absolute Gasteiger partial charge is 0.270 e. The average Bonchev–Trinajstić information content (AvgIpc) is 3.24. The van der Waals surface area contributed by atoms with Gasteiger partial charge in [-0.25, -0.2) is 9.37 Å². The number of ether oxygens (including phenoxy) is 1. The molecule has 3 aromatic heterocycles. The van der Waals surface area contributed by atoms with E-state index in [1.165, 1.54) is 19.1 Å². The quantitative estimate of drug-likeness (QED) is 0.360. The van der Waals surface area contributed by atoms with Gasteiger partial charge in [0.1, 0.15) is 18.1 Å². The van der Waals surface area contributed by atoms with Crippen molar-refractivity contribution in [2.45, 2.75) is 27.0 Å². The Morgan fingerprint density at radius 1 is 1.06 bits per heavy atom. The molecular weight excluding hydrogens is 451 g/mol. The van der Waals surface area contributed by atoms with Crippen LogP contribution in [0.3, 0.4) is 0 Å². The van der Waals surface area contributed by atoms with Crippen molar-refractivity contribution in [2.75, 3.05) is 13.1 Å². The Bertz CT molecular complexity index is 1350. The van der Waals surface area contributed by atoms with Crippen molar-refractivity contribution in [3.8, 4) is 5.88 Å². The number of fused-ring (bicyclic) bond motifs is 1. The van der Waals surface area contributed by atoms with Crippen LogP contribution in [0.25, 0.3) is 10.9 Å². The Hall–Kier alpha value is -4.34. The molecule has 0 spiro atoms. The predicted octanol–water partition coefficient (Wildman–Crippen LogP) is 2.77. The Morgan fingerprint density at radius 2 is 1.83 bits per heavy atom. The third kappa shape index (κ3) is 6.17. The van der Waals surface area contributed by atoms with Crippen LogP contribution in [0.5, 0.6) is 5.88 Å². The van der Waals surface area contributed by atoms with E-state index < -0.39 is 0 Å². The van der Waals surface area contributed by atoms with Crippen molar-refractivity contribution in [1.29, 1.82) is 0 Å². The molecule has 180 valence electrons. The van der Waals surface area contributed by atoms with Gasteiger partial charge in [-0.2, -0.15) is 5.10 Å². The maximum atomic E-state index is 13.1. The summed E-state index contributed by atoms with van der Waals surface area (Å²) in [6, 6.07) is 9.85. The molecular formula is C25H25FN6O3. The first-order valence-electron chi connectivity index (χ1n) is 11.1. The summed E-state index contributed by atoms with van der Waals surface area (Å²) in [4.78, 5) is 32.2. The number of rotatable bonds is 9. The molecule has 1 aromatic carbocycles. The van der Waals surface area contributed by atoms with Crippen molar-refractivity contribution in [3.63, 3.8) is 0 Å². The second-order valence-corrected chi connectivity index (χ2v) is 8.04. The lowest BCUT2D eigenvalue weighted by molar-refractivity contribution is -0.118. The number of nitrogens with zero attached hydrogens (tertiary/aromatic N) is 4. The third-order valence-electron chi connectivity index (χ3n) is 5.20. The van der Waals surface area contributed by atoms with Crippen molar-refractivity contribution < 1.29 is 18.7 Å². The van der Waals surface area contributed by atoms with Crippen molar-refractivity contribution in [2.24, 2.45) is 0 Å². The summed E-state index contributed by atoms with van der Waals surface area (Å²) in [7, 11) is 0. The maximum Gasteiger partial charge on any atom is 0.270 e. The number of amides is 2. The summed E-state index contributed by atoms with van der Waals surface area (Å²) in [5.74, 6) is -0.270. The molecule has 0 fully saturated rings. The van der Waals surface area contributed by atoms with Gasteiger partial charge in [-0.05, 0) is 42.3 Å². The number of halogens is 1. The van der Waals surface area contributed by atoms with Crippen LogP contribution in [0.15, 0.2) is 55.0 Å². The maximum absolute atomic E-state index is 13.1. The molecule has 0 unspecified atom stereocenters. The minimum Gasteiger partial charge on any atom is -0.473 e. The summed E-state index contributed by atoms with van der Waals surface area (Å²) in [6.07, 6.45) is 5.04. The van der Waals surface area contributed by atoms with E-state index in [4.69, 9.17) is 4.74 Å². The fraction of sp³-hybridized carbons (Fsp3) is 0.240. The van der Waals surface area contributed by atoms with Crippen molar-refractivity contribution in [1.82, 2.24) is 30.4 Å². The highest BCUT2D eigenvalue weighted by Gasteiger charge is 2.14. The lowest BCUT2D eigenvalue weighted by atomic mass is 10.2. The summed E-state index contributed by atoms with van der Waals surface area (Å²) in [5, 5.41) is 10.6. The Labute approximate surface area is 201 Å². The highest BCUT2D eigenvalue weighted by Crippen LogP contribution is 2.20. The normalized spacial score (nSPS) is 10.8. The van der Waals surface area contributed by atoms with Crippen LogP contribution in [0.1, 0.15) is 34.1 Å². The van der Waals surface area contributed by atoms with Gasteiger partial charge in [0.05, 0.1) is 17.4 Å². The average molecular weight is 477 g/mol. The van der Waals surface area contributed by atoms with E-state index in [9.17, 15) is 14.0 Å². The molecule has 2 N–H and O–H groups in total. The standard InChI is InChI=1S/C25H25FN6O3/c1-16-11-19(12-30-25(16)35-15-18-3-5-20(26)6-4-18)13-32-14-21-22(31-32)7-8-28-23(21)24(34)29-10-9-27-17(2)33/h3-8,11-12,14H,9-10,13,15H2,1-2H3,(H,27,33)(H,29,34). The molecule has 10 heteroatoms. The number of benzene rings is 1. The van der Waals surface area contributed by atoms with Crippen LogP contribution < -0.4 is 15.4 Å². The Morgan fingerprint density at radius 3 is 2.57 bits per heavy atom. The minimum atomic E-state index is -0.333. The van der Waals surface area contributed by atoms with Gasteiger partial charge in [0.2, 0.25) is 11.8 Å². The van der Waals surface area contributed by atoms with E-state index in [1.807, 2.05) is 13.0 Å². The van der Waals surface area contributed by atoms with Crippen LogP contribution in [0.4, 0.5) is 4.39 Å². The van der Waals surface area contributed by atoms with Crippen LogP contribution in [0, 0.1) is 12.7 Å². The third-order valence-corrected chi connectivity index (χ3v) is 5.20. The predicted molar refractivity (Wildman–Crippen MR) is 127 cm³/mol. The molecule has 4 rings (SSSR count). The van der Waals surface area contributed by atoms with E-state index in [1.54, 1.807) is 41.5 Å². The lowest BCUT2D eigenvalue weighted by Crippen LogP contribution is -2.34. The Balaban J connectivity index is 1.42. The molecule has 0 aliphatic heterocycles. The van der Waals surface area contributed by atoms with Gasteiger partial charge in [-0.3, -0.25) is 19.3 Å². The zero-order valence-corrected chi connectivity index (χ0v) is 19.4. The number of hydrogen-bond donors (Lipinski definition) is 2. The van der Waals surface area contributed by atoms with Crippen LogP contribution in [-0.2, 0) is 17.9 Å². The van der Waals surface area contributed by atoms with Gasteiger partial charge in [0.25, 0.3) is 5.91 Å². The SMILES string of the molecule is CC(=O)NCCNC(=O)c1nccc2nn(Cc3cnc(OCc4ccc(F)cc4)c(C)c3)cc12. The summed E-state index contributed by atoms with van der Waals surface area (Å²) < 4.78 is 20.6. The van der Waals surface area contributed by atoms with Gasteiger partial charge >= 0.3 is 0 Å². The zero-order chi connectivity index (χ0) is 24.8. The summed E-state index contributed by atoms with van der Waals surface area (Å²) in [5.41, 5.74) is 3.55. The van der Waals surface area contributed by atoms with Crippen LogP contribution in [-0.4, -0.2) is 44.7 Å². The molecule has 0 aliphatic rings. The van der Waals surface area contributed by atoms with Crippen LogP contribution in [0.2, 0.25) is 0 Å². The molecule has 0 bridgehead atoms. The zero-order valence-electron chi connectivity index (χ0n) is 19.4. The molecule has 35 heavy (non-hydrogen) atoms. The largest absolute Gasteiger partial charge is 0.473 e. The second kappa shape index (κ2) is 10.7. The van der Waals surface area contributed by atoms with E-state index >= 15 is 0 Å². The minimum absolute atomic E-state index is 0.155. The summed E-state index contributed by atoms with van der Waals surface area (Å²) >= 11 is 0. The molecule has 4 aromatic rings. The topological polar surface area (TPSA) is 111 Å². The van der Waals surface area contributed by atoms with Gasteiger partial charge in [-0.1, -0.05) is 12.1 Å². The number of pyridine rings is 2. The lowest BCUT2D eigenvalue weighted by Gasteiger charge is -2.10. The monoisotopic (exact) mass is 476 g/mol. The van der Waals surface area contributed by atoms with Gasteiger partial charge in [0, 0.05) is 44.2 Å². The van der Waals surface area contributed by atoms with Gasteiger partial charge < -0.3 is 15.4 Å². The highest BCUT2D eigenvalue weighted by atomic mass is 19.1. The second-order valence-electron chi connectivity index (χ2n) is 8.04. The number of hydrogen-bond acceptors (Lipinski definition) is 6. The Kier molecular flexibility index (Phi) is 7.30. The molecule has 0 aliphatic carbocycles. The number of nitrogens with one attached hydrogen (secondary N) is 2. The van der Waals surface area contributed by atoms with E-state index in [2.05, 4.69) is 25.7 Å². The van der Waals surface area contributed by atoms with Crippen LogP contribution >= 0.6 is 0 Å². The van der Waals surface area contributed by atoms with Gasteiger partial charge in [0.15, 0.2) is 0 Å². The molecule has 3 heterocycles.